The van der Waals surface area contributed by atoms with E-state index in [0.717, 1.165) is 12.2 Å². The Morgan fingerprint density at radius 1 is 1.12 bits per heavy atom. The molecule has 16 heavy (non-hydrogen) atoms. The summed E-state index contributed by atoms with van der Waals surface area (Å²) < 4.78 is 0. The van der Waals surface area contributed by atoms with Gasteiger partial charge < -0.3 is 0 Å². The van der Waals surface area contributed by atoms with Crippen molar-refractivity contribution in [3.8, 4) is 0 Å². The molecule has 2 nitrogen and oxygen atoms in total. The van der Waals surface area contributed by atoms with Gasteiger partial charge in [-0.25, -0.2) is 0 Å². The zero-order valence-corrected chi connectivity index (χ0v) is 10.9. The lowest BCUT2D eigenvalue weighted by Gasteiger charge is -2.26. The Kier molecular flexibility index (Phi) is 6.09. The second kappa shape index (κ2) is 7.39. The first-order valence-electron chi connectivity index (χ1n) is 6.48. The number of piperidine rings is 1. The van der Waals surface area contributed by atoms with Crippen LogP contribution in [-0.4, -0.2) is 23.0 Å². The van der Waals surface area contributed by atoms with E-state index >= 15 is 0 Å². The van der Waals surface area contributed by atoms with Crippen molar-refractivity contribution in [2.75, 3.05) is 13.1 Å². The molecule has 0 aliphatic carbocycles. The molecule has 2 heterocycles. The van der Waals surface area contributed by atoms with Crippen molar-refractivity contribution >= 4 is 0 Å². The summed E-state index contributed by atoms with van der Waals surface area (Å²) in [6, 6.07) is 4.29. The summed E-state index contributed by atoms with van der Waals surface area (Å²) in [5, 5.41) is 0. The van der Waals surface area contributed by atoms with Crippen LogP contribution in [0, 0.1) is 6.92 Å². The van der Waals surface area contributed by atoms with Crippen molar-refractivity contribution in [3.05, 3.63) is 29.6 Å². The normalized spacial score (nSPS) is 16.4. The van der Waals surface area contributed by atoms with E-state index in [-0.39, 0.29) is 0 Å². The lowest BCUT2D eigenvalue weighted by Crippen LogP contribution is -2.29. The first-order valence-corrected chi connectivity index (χ1v) is 6.48. The molecule has 1 saturated heterocycles. The highest BCUT2D eigenvalue weighted by Crippen LogP contribution is 2.12. The Morgan fingerprint density at radius 3 is 2.38 bits per heavy atom. The fourth-order valence-electron chi connectivity index (χ4n) is 1.97. The minimum atomic E-state index is 1.08. The molecule has 1 aliphatic heterocycles. The molecule has 0 atom stereocenters. The zero-order valence-electron chi connectivity index (χ0n) is 10.9. The van der Waals surface area contributed by atoms with Gasteiger partial charge in [0.15, 0.2) is 0 Å². The summed E-state index contributed by atoms with van der Waals surface area (Å²) >= 11 is 0. The van der Waals surface area contributed by atoms with Crippen LogP contribution in [0.25, 0.3) is 0 Å². The topological polar surface area (TPSA) is 16.1 Å². The van der Waals surface area contributed by atoms with Gasteiger partial charge >= 0.3 is 0 Å². The molecular weight excluding hydrogens is 196 g/mol. The third kappa shape index (κ3) is 4.31. The van der Waals surface area contributed by atoms with E-state index in [2.05, 4.69) is 22.0 Å². The molecule has 0 amide bonds. The van der Waals surface area contributed by atoms with Gasteiger partial charge in [-0.15, -0.1) is 0 Å². The third-order valence-electron chi connectivity index (χ3n) is 2.83. The van der Waals surface area contributed by atoms with Crippen LogP contribution in [0.3, 0.4) is 0 Å². The van der Waals surface area contributed by atoms with Gasteiger partial charge in [0.1, 0.15) is 0 Å². The van der Waals surface area contributed by atoms with Gasteiger partial charge in [-0.2, -0.15) is 0 Å². The molecule has 1 fully saturated rings. The molecule has 0 radical (unpaired) electrons. The monoisotopic (exact) mass is 220 g/mol. The van der Waals surface area contributed by atoms with Crippen LogP contribution in [0.4, 0.5) is 0 Å². The molecule has 1 aromatic heterocycles. The second-order valence-corrected chi connectivity index (χ2v) is 4.14. The maximum Gasteiger partial charge on any atom is 0.0372 e. The summed E-state index contributed by atoms with van der Waals surface area (Å²) in [6.45, 7) is 9.62. The molecule has 0 N–H and O–H groups in total. The highest BCUT2D eigenvalue weighted by Gasteiger charge is 2.09. The van der Waals surface area contributed by atoms with Crippen molar-refractivity contribution in [2.45, 2.75) is 46.6 Å². The smallest absolute Gasteiger partial charge is 0.0372 e. The molecule has 0 unspecified atom stereocenters. The lowest BCUT2D eigenvalue weighted by atomic mass is 10.1. The minimum absolute atomic E-state index is 1.08. The van der Waals surface area contributed by atoms with E-state index in [9.17, 15) is 0 Å². The van der Waals surface area contributed by atoms with Crippen molar-refractivity contribution in [2.24, 2.45) is 0 Å². The molecule has 1 aromatic rings. The van der Waals surface area contributed by atoms with Gasteiger partial charge in [0, 0.05) is 18.4 Å². The summed E-state index contributed by atoms with van der Waals surface area (Å²) in [4.78, 5) is 6.84. The number of aromatic nitrogens is 1. The van der Waals surface area contributed by atoms with E-state index in [1.165, 1.54) is 37.9 Å². The highest BCUT2D eigenvalue weighted by atomic mass is 15.1. The number of likely N-dealkylation sites (tertiary alicyclic amines) is 1. The Bertz CT molecular complexity index is 273. The van der Waals surface area contributed by atoms with Crippen molar-refractivity contribution < 1.29 is 0 Å². The van der Waals surface area contributed by atoms with E-state index < -0.39 is 0 Å². The molecule has 0 aromatic carbocycles. The SMILES string of the molecule is CC.Cc1ccc(CN2CCCCC2)cn1. The molecule has 1 aliphatic rings. The average Bonchev–Trinajstić information content (AvgIpc) is 2.36. The van der Waals surface area contributed by atoms with Crippen LogP contribution in [0.1, 0.15) is 44.4 Å². The predicted molar refractivity (Wildman–Crippen MR) is 69.5 cm³/mol. The van der Waals surface area contributed by atoms with Crippen LogP contribution in [-0.2, 0) is 6.54 Å². The van der Waals surface area contributed by atoms with Crippen LogP contribution in [0.15, 0.2) is 18.3 Å². The maximum absolute atomic E-state index is 4.32. The number of rotatable bonds is 2. The van der Waals surface area contributed by atoms with E-state index in [4.69, 9.17) is 0 Å². The summed E-state index contributed by atoms with van der Waals surface area (Å²) in [5.41, 5.74) is 2.45. The second-order valence-electron chi connectivity index (χ2n) is 4.14. The number of hydrogen-bond acceptors (Lipinski definition) is 2. The lowest BCUT2D eigenvalue weighted by molar-refractivity contribution is 0.220. The summed E-state index contributed by atoms with van der Waals surface area (Å²) in [6.07, 6.45) is 6.13. The van der Waals surface area contributed by atoms with E-state index in [1.807, 2.05) is 27.0 Å². The van der Waals surface area contributed by atoms with Crippen LogP contribution in [0.5, 0.6) is 0 Å². The van der Waals surface area contributed by atoms with Gasteiger partial charge in [0.05, 0.1) is 0 Å². The quantitative estimate of drug-likeness (QED) is 0.759. The fourth-order valence-corrected chi connectivity index (χ4v) is 1.97. The molecule has 2 rings (SSSR count). The molecule has 90 valence electrons. The Hall–Kier alpha value is -0.890. The van der Waals surface area contributed by atoms with Crippen LogP contribution in [0.2, 0.25) is 0 Å². The van der Waals surface area contributed by atoms with Crippen molar-refractivity contribution in [1.29, 1.82) is 0 Å². The van der Waals surface area contributed by atoms with Crippen LogP contribution >= 0.6 is 0 Å². The summed E-state index contributed by atoms with van der Waals surface area (Å²) in [7, 11) is 0. The standard InChI is InChI=1S/C12H18N2.C2H6/c1-11-5-6-12(9-13-11)10-14-7-3-2-4-8-14;1-2/h5-6,9H,2-4,7-8,10H2,1H3;1-2H3. The number of pyridine rings is 1. The van der Waals surface area contributed by atoms with E-state index in [0.29, 0.717) is 0 Å². The molecule has 2 heteroatoms. The van der Waals surface area contributed by atoms with Crippen LogP contribution < -0.4 is 0 Å². The Morgan fingerprint density at radius 2 is 1.81 bits per heavy atom. The van der Waals surface area contributed by atoms with Gasteiger partial charge in [-0.05, 0) is 44.5 Å². The Labute approximate surface area is 99.7 Å². The molecule has 0 spiro atoms. The predicted octanol–water partition coefficient (Wildman–Crippen LogP) is 3.40. The molecular formula is C14H24N2. The number of aryl methyl sites for hydroxylation is 1. The first kappa shape index (κ1) is 13.2. The Balaban J connectivity index is 0.000000606. The van der Waals surface area contributed by atoms with Gasteiger partial charge in [-0.1, -0.05) is 26.3 Å². The van der Waals surface area contributed by atoms with Gasteiger partial charge in [0.25, 0.3) is 0 Å². The summed E-state index contributed by atoms with van der Waals surface area (Å²) in [5.74, 6) is 0. The largest absolute Gasteiger partial charge is 0.299 e. The number of hydrogen-bond donors (Lipinski definition) is 0. The third-order valence-corrected chi connectivity index (χ3v) is 2.83. The first-order chi connectivity index (χ1) is 7.84. The van der Waals surface area contributed by atoms with E-state index in [1.54, 1.807) is 0 Å². The highest BCUT2D eigenvalue weighted by molar-refractivity contribution is 5.12. The minimum Gasteiger partial charge on any atom is -0.299 e. The average molecular weight is 220 g/mol. The van der Waals surface area contributed by atoms with Gasteiger partial charge in [0.2, 0.25) is 0 Å². The maximum atomic E-state index is 4.32. The molecule has 0 bridgehead atoms. The molecule has 0 saturated carbocycles. The van der Waals surface area contributed by atoms with Crippen molar-refractivity contribution in [3.63, 3.8) is 0 Å². The number of nitrogens with zero attached hydrogens (tertiary/aromatic N) is 2. The zero-order chi connectivity index (χ0) is 11.8. The fraction of sp³-hybridized carbons (Fsp3) is 0.643. The van der Waals surface area contributed by atoms with Gasteiger partial charge in [-0.3, -0.25) is 9.88 Å². The van der Waals surface area contributed by atoms with Crippen molar-refractivity contribution in [1.82, 2.24) is 9.88 Å².